The normalized spacial score (nSPS) is 18.6. The number of nitrogens with zero attached hydrogens (tertiary/aromatic N) is 2. The van der Waals surface area contributed by atoms with Crippen LogP contribution in [0.4, 0.5) is 0 Å². The molecule has 1 aromatic rings. The van der Waals surface area contributed by atoms with Crippen LogP contribution < -0.4 is 15.4 Å². The molecule has 9 heteroatoms. The number of hydrogen-bond acceptors (Lipinski definition) is 6. The summed E-state index contributed by atoms with van der Waals surface area (Å²) in [4.78, 5) is 39.9. The maximum atomic E-state index is 13.6. The van der Waals surface area contributed by atoms with Gasteiger partial charge in [0.1, 0.15) is 11.8 Å². The summed E-state index contributed by atoms with van der Waals surface area (Å²) >= 11 is 0. The van der Waals surface area contributed by atoms with Gasteiger partial charge in [0.15, 0.2) is 0 Å². The Morgan fingerprint density at radius 3 is 2.32 bits per heavy atom. The second-order valence-electron chi connectivity index (χ2n) is 11.9. The molecule has 1 heterocycles. The fourth-order valence-electron chi connectivity index (χ4n) is 5.58. The van der Waals surface area contributed by atoms with Crippen molar-refractivity contribution in [3.8, 4) is 5.75 Å². The fourth-order valence-corrected chi connectivity index (χ4v) is 5.58. The summed E-state index contributed by atoms with van der Waals surface area (Å²) in [5.41, 5.74) is 0.695. The van der Waals surface area contributed by atoms with E-state index >= 15 is 0 Å². The van der Waals surface area contributed by atoms with Gasteiger partial charge in [0.05, 0.1) is 19.6 Å². The molecule has 38 heavy (non-hydrogen) atoms. The number of likely N-dealkylation sites (tertiary alicyclic amines) is 1. The molecule has 0 spiro atoms. The van der Waals surface area contributed by atoms with Crippen LogP contribution in [0.1, 0.15) is 71.3 Å². The van der Waals surface area contributed by atoms with Gasteiger partial charge in [0.25, 0.3) is 0 Å². The molecular formula is C29H46N4O5. The summed E-state index contributed by atoms with van der Waals surface area (Å²) < 4.78 is 5.22. The first-order valence-electron chi connectivity index (χ1n) is 14.0. The molecular weight excluding hydrogens is 484 g/mol. The number of hydroxylamine groups is 2. The van der Waals surface area contributed by atoms with Gasteiger partial charge in [-0.15, -0.1) is 0 Å². The lowest BCUT2D eigenvalue weighted by Crippen LogP contribution is -2.58. The lowest BCUT2D eigenvalue weighted by atomic mass is 9.84. The highest BCUT2D eigenvalue weighted by Crippen LogP contribution is 2.31. The van der Waals surface area contributed by atoms with Crippen LogP contribution in [0.25, 0.3) is 0 Å². The number of amides is 3. The van der Waals surface area contributed by atoms with E-state index < -0.39 is 17.4 Å². The Hall–Kier alpha value is -2.65. The van der Waals surface area contributed by atoms with Gasteiger partial charge in [-0.1, -0.05) is 58.6 Å². The van der Waals surface area contributed by atoms with Crippen molar-refractivity contribution in [2.75, 3.05) is 26.7 Å². The zero-order chi connectivity index (χ0) is 27.7. The molecule has 0 aromatic heterocycles. The maximum Gasteiger partial charge on any atom is 0.245 e. The summed E-state index contributed by atoms with van der Waals surface area (Å²) in [5, 5.41) is 17.0. The van der Waals surface area contributed by atoms with Crippen LogP contribution in [0.2, 0.25) is 0 Å². The molecule has 0 bridgehead atoms. The Kier molecular flexibility index (Phi) is 11.0. The molecule has 212 valence electrons. The Balaban J connectivity index is 1.56. The molecule has 1 unspecified atom stereocenters. The SMILES string of the molecule is COc1ccc(CNC2CCN(C(=O)[C@@H](NC(=O)C(CC3CCCC3)CN(O)C=O)C(C)(C)C)CC2)cc1. The third-order valence-electron chi connectivity index (χ3n) is 7.95. The van der Waals surface area contributed by atoms with E-state index in [1.807, 2.05) is 49.9 Å². The third-order valence-corrected chi connectivity index (χ3v) is 7.95. The van der Waals surface area contributed by atoms with Gasteiger partial charge in [-0.3, -0.25) is 19.6 Å². The van der Waals surface area contributed by atoms with Gasteiger partial charge in [0.2, 0.25) is 18.2 Å². The van der Waals surface area contributed by atoms with E-state index in [1.54, 1.807) is 7.11 Å². The second-order valence-corrected chi connectivity index (χ2v) is 11.9. The molecule has 1 saturated heterocycles. The molecule has 1 aliphatic heterocycles. The van der Waals surface area contributed by atoms with E-state index in [4.69, 9.17) is 4.74 Å². The zero-order valence-corrected chi connectivity index (χ0v) is 23.4. The van der Waals surface area contributed by atoms with Crippen molar-refractivity contribution in [3.05, 3.63) is 29.8 Å². The summed E-state index contributed by atoms with van der Waals surface area (Å²) in [6, 6.07) is 7.63. The van der Waals surface area contributed by atoms with Gasteiger partial charge in [-0.05, 0) is 48.3 Å². The minimum atomic E-state index is -0.687. The van der Waals surface area contributed by atoms with Crippen molar-refractivity contribution in [1.82, 2.24) is 20.6 Å². The van der Waals surface area contributed by atoms with Crippen molar-refractivity contribution < 1.29 is 24.3 Å². The van der Waals surface area contributed by atoms with E-state index in [2.05, 4.69) is 10.6 Å². The average Bonchev–Trinajstić information content (AvgIpc) is 3.42. The molecule has 1 aromatic carbocycles. The number of carbonyl (C=O) groups is 3. The number of benzene rings is 1. The van der Waals surface area contributed by atoms with Crippen molar-refractivity contribution in [2.24, 2.45) is 17.3 Å². The highest BCUT2D eigenvalue weighted by atomic mass is 16.5. The summed E-state index contributed by atoms with van der Waals surface area (Å²) in [6.45, 7) is 7.81. The lowest BCUT2D eigenvalue weighted by Gasteiger charge is -2.39. The number of rotatable bonds is 12. The van der Waals surface area contributed by atoms with E-state index in [-0.39, 0.29) is 18.4 Å². The third kappa shape index (κ3) is 8.70. The van der Waals surface area contributed by atoms with Crippen LogP contribution in [0.5, 0.6) is 5.75 Å². The Bertz CT molecular complexity index is 903. The van der Waals surface area contributed by atoms with Gasteiger partial charge >= 0.3 is 0 Å². The molecule has 0 radical (unpaired) electrons. The molecule has 2 fully saturated rings. The van der Waals surface area contributed by atoms with E-state index in [1.165, 1.54) is 5.56 Å². The number of nitrogens with one attached hydrogen (secondary N) is 2. The largest absolute Gasteiger partial charge is 0.497 e. The topological polar surface area (TPSA) is 111 Å². The smallest absolute Gasteiger partial charge is 0.245 e. The first kappa shape index (κ1) is 29.9. The number of methoxy groups -OCH3 is 1. The molecule has 2 aliphatic rings. The predicted molar refractivity (Wildman–Crippen MR) is 145 cm³/mol. The highest BCUT2D eigenvalue weighted by molar-refractivity contribution is 5.89. The maximum absolute atomic E-state index is 13.6. The molecule has 9 nitrogen and oxygen atoms in total. The quantitative estimate of drug-likeness (QED) is 0.217. The monoisotopic (exact) mass is 530 g/mol. The minimum Gasteiger partial charge on any atom is -0.497 e. The standard InChI is InChI=1S/C29H46N4O5/c1-29(2,3)26(31-27(35)23(19-33(37)20-34)17-21-7-5-6-8-21)28(36)32-15-13-24(14-16-32)30-18-22-9-11-25(38-4)12-10-22/h9-12,20-21,23-24,26,30,37H,5-8,13-19H2,1-4H3,(H,31,35)/t23?,26-/m1/s1. The fraction of sp³-hybridized carbons (Fsp3) is 0.690. The number of piperidine rings is 1. The zero-order valence-electron chi connectivity index (χ0n) is 23.4. The van der Waals surface area contributed by atoms with Crippen LogP contribution in [0.15, 0.2) is 24.3 Å². The molecule has 2 atom stereocenters. The number of carbonyl (C=O) groups excluding carboxylic acids is 3. The molecule has 3 amide bonds. The van der Waals surface area contributed by atoms with Gasteiger partial charge < -0.3 is 20.3 Å². The van der Waals surface area contributed by atoms with Crippen LogP contribution in [0.3, 0.4) is 0 Å². The summed E-state index contributed by atoms with van der Waals surface area (Å²) in [7, 11) is 1.66. The van der Waals surface area contributed by atoms with Gasteiger partial charge in [-0.25, -0.2) is 5.06 Å². The van der Waals surface area contributed by atoms with E-state index in [9.17, 15) is 19.6 Å². The van der Waals surface area contributed by atoms with Gasteiger partial charge in [-0.2, -0.15) is 0 Å². The van der Waals surface area contributed by atoms with Crippen LogP contribution in [-0.2, 0) is 20.9 Å². The molecule has 3 N–H and O–H groups in total. The number of ether oxygens (including phenoxy) is 1. The van der Waals surface area contributed by atoms with Crippen molar-refractivity contribution in [1.29, 1.82) is 0 Å². The molecule has 3 rings (SSSR count). The number of hydrogen-bond donors (Lipinski definition) is 3. The van der Waals surface area contributed by atoms with E-state index in [0.29, 0.717) is 42.9 Å². The minimum absolute atomic E-state index is 0.0673. The average molecular weight is 531 g/mol. The van der Waals surface area contributed by atoms with Crippen LogP contribution in [0, 0.1) is 17.3 Å². The van der Waals surface area contributed by atoms with Crippen LogP contribution >= 0.6 is 0 Å². The summed E-state index contributed by atoms with van der Waals surface area (Å²) in [6.07, 6.45) is 7.01. The lowest BCUT2D eigenvalue weighted by molar-refractivity contribution is -0.156. The molecule has 1 aliphatic carbocycles. The highest BCUT2D eigenvalue weighted by Gasteiger charge is 2.38. The van der Waals surface area contributed by atoms with Crippen molar-refractivity contribution in [3.63, 3.8) is 0 Å². The van der Waals surface area contributed by atoms with E-state index in [0.717, 1.165) is 50.8 Å². The first-order valence-corrected chi connectivity index (χ1v) is 14.0. The Morgan fingerprint density at radius 2 is 1.76 bits per heavy atom. The second kappa shape index (κ2) is 13.9. The molecule has 1 saturated carbocycles. The Morgan fingerprint density at radius 1 is 1.13 bits per heavy atom. The van der Waals surface area contributed by atoms with Crippen molar-refractivity contribution in [2.45, 2.75) is 84.3 Å². The van der Waals surface area contributed by atoms with Crippen LogP contribution in [-0.4, -0.2) is 72.2 Å². The first-order chi connectivity index (χ1) is 18.1. The van der Waals surface area contributed by atoms with Gasteiger partial charge in [0, 0.05) is 25.7 Å². The van der Waals surface area contributed by atoms with Crippen molar-refractivity contribution >= 4 is 18.2 Å². The Labute approximate surface area is 227 Å². The summed E-state index contributed by atoms with van der Waals surface area (Å²) in [5.74, 6) is 0.332. The predicted octanol–water partition coefficient (Wildman–Crippen LogP) is 3.35.